The van der Waals surface area contributed by atoms with E-state index in [0.717, 1.165) is 48.3 Å². The normalized spacial score (nSPS) is 15.3. The van der Waals surface area contributed by atoms with Gasteiger partial charge < -0.3 is 14.7 Å². The summed E-state index contributed by atoms with van der Waals surface area (Å²) in [4.78, 5) is 27.7. The molecule has 0 saturated heterocycles. The third kappa shape index (κ3) is 3.23. The zero-order valence-corrected chi connectivity index (χ0v) is 13.6. The molecule has 1 aliphatic rings. The molecule has 1 aliphatic carbocycles. The fourth-order valence-electron chi connectivity index (χ4n) is 3.18. The minimum Gasteiger partial charge on any atom is -0.469 e. The van der Waals surface area contributed by atoms with Crippen molar-refractivity contribution in [1.82, 2.24) is 10.3 Å². The van der Waals surface area contributed by atoms with Crippen LogP contribution in [0.3, 0.4) is 0 Å². The van der Waals surface area contributed by atoms with Crippen LogP contribution in [-0.4, -0.2) is 22.7 Å². The lowest BCUT2D eigenvalue weighted by Gasteiger charge is -2.13. The Labute approximate surface area is 135 Å². The molecule has 0 radical (unpaired) electrons. The van der Waals surface area contributed by atoms with E-state index < -0.39 is 0 Å². The number of rotatable bonds is 5. The maximum atomic E-state index is 12.5. The van der Waals surface area contributed by atoms with Gasteiger partial charge in [0.1, 0.15) is 11.5 Å². The van der Waals surface area contributed by atoms with E-state index >= 15 is 0 Å². The average Bonchev–Trinajstić information content (AvgIpc) is 3.14. The summed E-state index contributed by atoms with van der Waals surface area (Å²) >= 11 is 0. The van der Waals surface area contributed by atoms with Crippen LogP contribution < -0.4 is 5.32 Å². The van der Waals surface area contributed by atoms with Gasteiger partial charge >= 0.3 is 0 Å². The number of ketones is 1. The van der Waals surface area contributed by atoms with Crippen LogP contribution in [0.25, 0.3) is 0 Å². The molecule has 2 heterocycles. The lowest BCUT2D eigenvalue weighted by Crippen LogP contribution is -2.33. The maximum absolute atomic E-state index is 12.5. The molecule has 122 valence electrons. The topological polar surface area (TPSA) is 75.1 Å². The first-order chi connectivity index (χ1) is 11.1. The number of fused-ring (bicyclic) bond motifs is 1. The number of hydrogen-bond donors (Lipinski definition) is 2. The molecule has 0 aromatic carbocycles. The second-order valence-corrected chi connectivity index (χ2v) is 6.25. The van der Waals surface area contributed by atoms with E-state index in [2.05, 4.69) is 10.3 Å². The number of nitrogens with one attached hydrogen (secondary N) is 2. The van der Waals surface area contributed by atoms with Gasteiger partial charge in [-0.25, -0.2) is 0 Å². The molecule has 0 unspecified atom stereocenters. The summed E-state index contributed by atoms with van der Waals surface area (Å²) in [5.41, 5.74) is 2.94. The zero-order valence-electron chi connectivity index (χ0n) is 13.6. The molecule has 2 N–H and O–H groups in total. The van der Waals surface area contributed by atoms with E-state index in [9.17, 15) is 9.59 Å². The van der Waals surface area contributed by atoms with Crippen molar-refractivity contribution >= 4 is 11.7 Å². The van der Waals surface area contributed by atoms with Crippen LogP contribution in [-0.2, 0) is 12.8 Å². The predicted octanol–water partition coefficient (Wildman–Crippen LogP) is 3.19. The lowest BCUT2D eigenvalue weighted by molar-refractivity contribution is 0.0932. The molecule has 2 aromatic rings. The summed E-state index contributed by atoms with van der Waals surface area (Å²) in [6.45, 7) is 3.82. The molecule has 0 bridgehead atoms. The standard InChI is InChI=1S/C18H22N2O3/c1-11(8-9-13-5-4-10-23-13)19-18(22)17-12(2)16-14(20-17)6-3-7-15(16)21/h4-5,10-11,20H,3,6-9H2,1-2H3,(H,19,22)/t11-/m1/s1. The average molecular weight is 314 g/mol. The highest BCUT2D eigenvalue weighted by Crippen LogP contribution is 2.26. The van der Waals surface area contributed by atoms with Gasteiger partial charge in [-0.3, -0.25) is 9.59 Å². The summed E-state index contributed by atoms with van der Waals surface area (Å²) in [7, 11) is 0. The summed E-state index contributed by atoms with van der Waals surface area (Å²) in [6.07, 6.45) is 5.51. The van der Waals surface area contributed by atoms with Gasteiger partial charge in [0.15, 0.2) is 5.78 Å². The quantitative estimate of drug-likeness (QED) is 0.890. The highest BCUT2D eigenvalue weighted by atomic mass is 16.3. The highest BCUT2D eigenvalue weighted by Gasteiger charge is 2.26. The molecule has 5 heteroatoms. The Kier molecular flexibility index (Phi) is 4.37. The first-order valence-corrected chi connectivity index (χ1v) is 8.14. The number of aromatic nitrogens is 1. The van der Waals surface area contributed by atoms with Crippen LogP contribution >= 0.6 is 0 Å². The SMILES string of the molecule is Cc1c(C(=O)N[C@H](C)CCc2ccco2)[nH]c2c1C(=O)CCC2. The van der Waals surface area contributed by atoms with Crippen molar-refractivity contribution < 1.29 is 14.0 Å². The van der Waals surface area contributed by atoms with Crippen molar-refractivity contribution in [3.63, 3.8) is 0 Å². The molecule has 1 atom stereocenters. The van der Waals surface area contributed by atoms with Crippen LogP contribution in [0.4, 0.5) is 0 Å². The molecular formula is C18H22N2O3. The van der Waals surface area contributed by atoms with E-state index in [-0.39, 0.29) is 17.7 Å². The van der Waals surface area contributed by atoms with Gasteiger partial charge in [-0.05, 0) is 50.8 Å². The monoisotopic (exact) mass is 314 g/mol. The zero-order chi connectivity index (χ0) is 16.4. The van der Waals surface area contributed by atoms with Gasteiger partial charge in [0.2, 0.25) is 0 Å². The number of Topliss-reactive ketones (excluding diaryl/α,β-unsaturated/α-hetero) is 1. The first kappa shape index (κ1) is 15.6. The number of carbonyl (C=O) groups excluding carboxylic acids is 2. The third-order valence-electron chi connectivity index (χ3n) is 4.45. The second kappa shape index (κ2) is 6.44. The minimum absolute atomic E-state index is 0.0306. The highest BCUT2D eigenvalue weighted by molar-refractivity contribution is 6.04. The molecule has 1 amide bonds. The van der Waals surface area contributed by atoms with Crippen molar-refractivity contribution in [2.75, 3.05) is 0 Å². The maximum Gasteiger partial charge on any atom is 0.268 e. The molecule has 0 fully saturated rings. The van der Waals surface area contributed by atoms with E-state index in [0.29, 0.717) is 12.1 Å². The molecule has 2 aromatic heterocycles. The van der Waals surface area contributed by atoms with Gasteiger partial charge in [0, 0.05) is 30.1 Å². The largest absolute Gasteiger partial charge is 0.469 e. The molecule has 23 heavy (non-hydrogen) atoms. The lowest BCUT2D eigenvalue weighted by atomic mass is 9.94. The fraction of sp³-hybridized carbons (Fsp3) is 0.444. The van der Waals surface area contributed by atoms with Crippen molar-refractivity contribution in [1.29, 1.82) is 0 Å². The number of aryl methyl sites for hydroxylation is 2. The van der Waals surface area contributed by atoms with Crippen LogP contribution in [0.15, 0.2) is 22.8 Å². The van der Waals surface area contributed by atoms with Crippen molar-refractivity contribution in [3.8, 4) is 0 Å². The number of furan rings is 1. The van der Waals surface area contributed by atoms with Gasteiger partial charge in [0.05, 0.1) is 6.26 Å². The Balaban J connectivity index is 1.65. The van der Waals surface area contributed by atoms with Crippen LogP contribution in [0, 0.1) is 6.92 Å². The van der Waals surface area contributed by atoms with Crippen LogP contribution in [0.5, 0.6) is 0 Å². The smallest absolute Gasteiger partial charge is 0.268 e. The molecule has 5 nitrogen and oxygen atoms in total. The van der Waals surface area contributed by atoms with Gasteiger partial charge in [-0.2, -0.15) is 0 Å². The Bertz CT molecular complexity index is 713. The first-order valence-electron chi connectivity index (χ1n) is 8.14. The Morgan fingerprint density at radius 3 is 2.96 bits per heavy atom. The van der Waals surface area contributed by atoms with Crippen LogP contribution in [0.1, 0.15) is 64.1 Å². The molecule has 0 spiro atoms. The van der Waals surface area contributed by atoms with Gasteiger partial charge in [-0.15, -0.1) is 0 Å². The van der Waals surface area contributed by atoms with E-state index in [1.165, 1.54) is 0 Å². The van der Waals surface area contributed by atoms with E-state index in [1.54, 1.807) is 6.26 Å². The summed E-state index contributed by atoms with van der Waals surface area (Å²) < 4.78 is 5.30. The molecule has 3 rings (SSSR count). The second-order valence-electron chi connectivity index (χ2n) is 6.25. The number of H-pyrrole nitrogens is 1. The number of amides is 1. The van der Waals surface area contributed by atoms with Crippen molar-refractivity contribution in [3.05, 3.63) is 46.7 Å². The van der Waals surface area contributed by atoms with Crippen molar-refractivity contribution in [2.45, 2.75) is 52.0 Å². The summed E-state index contributed by atoms with van der Waals surface area (Å²) in [6, 6.07) is 3.83. The number of hydrogen-bond acceptors (Lipinski definition) is 3. The Morgan fingerprint density at radius 2 is 2.26 bits per heavy atom. The molecule has 0 aliphatic heterocycles. The van der Waals surface area contributed by atoms with Gasteiger partial charge in [-0.1, -0.05) is 0 Å². The molecule has 0 saturated carbocycles. The van der Waals surface area contributed by atoms with Crippen molar-refractivity contribution in [2.24, 2.45) is 0 Å². The van der Waals surface area contributed by atoms with E-state index in [1.807, 2.05) is 26.0 Å². The van der Waals surface area contributed by atoms with E-state index in [4.69, 9.17) is 4.42 Å². The predicted molar refractivity (Wildman–Crippen MR) is 86.8 cm³/mol. The molecular weight excluding hydrogens is 292 g/mol. The summed E-state index contributed by atoms with van der Waals surface area (Å²) in [5, 5.41) is 3.00. The van der Waals surface area contributed by atoms with Crippen LogP contribution in [0.2, 0.25) is 0 Å². The summed E-state index contributed by atoms with van der Waals surface area (Å²) in [5.74, 6) is 0.921. The number of carbonyl (C=O) groups is 2. The fourth-order valence-corrected chi connectivity index (χ4v) is 3.18. The Morgan fingerprint density at radius 1 is 1.43 bits per heavy atom. The Hall–Kier alpha value is -2.30. The third-order valence-corrected chi connectivity index (χ3v) is 4.45. The minimum atomic E-state index is -0.142. The van der Waals surface area contributed by atoms with Gasteiger partial charge in [0.25, 0.3) is 5.91 Å². The number of aromatic amines is 1.